The molecule has 0 spiro atoms. The molecule has 1 N–H and O–H groups in total. The third-order valence-corrected chi connectivity index (χ3v) is 8.64. The zero-order valence-corrected chi connectivity index (χ0v) is 24.0. The van der Waals surface area contributed by atoms with Crippen LogP contribution in [0, 0.1) is 5.41 Å². The van der Waals surface area contributed by atoms with E-state index >= 15 is 0 Å². The largest absolute Gasteiger partial charge is 0.341 e. The average molecular weight is 560 g/mol. The predicted molar refractivity (Wildman–Crippen MR) is 160 cm³/mol. The van der Waals surface area contributed by atoms with Crippen molar-refractivity contribution in [3.8, 4) is 11.1 Å². The number of nitrogens with one attached hydrogen (secondary N) is 1. The van der Waals surface area contributed by atoms with Crippen molar-refractivity contribution in [1.29, 1.82) is 0 Å². The second-order valence-electron chi connectivity index (χ2n) is 12.5. The number of hydrogen-bond acceptors (Lipinski definition) is 6. The van der Waals surface area contributed by atoms with Gasteiger partial charge < -0.3 is 10.2 Å². The lowest BCUT2D eigenvalue weighted by Crippen LogP contribution is -2.57. The molecule has 1 saturated carbocycles. The second-order valence-corrected chi connectivity index (χ2v) is 12.5. The number of amides is 2. The Kier molecular flexibility index (Phi) is 6.07. The van der Waals surface area contributed by atoms with Gasteiger partial charge in [0.15, 0.2) is 0 Å². The van der Waals surface area contributed by atoms with E-state index in [1.54, 1.807) is 23.4 Å². The van der Waals surface area contributed by atoms with Crippen LogP contribution in [0.3, 0.4) is 0 Å². The number of rotatable bonds is 6. The van der Waals surface area contributed by atoms with Crippen LogP contribution in [0.15, 0.2) is 73.4 Å². The molecule has 212 valence electrons. The van der Waals surface area contributed by atoms with Crippen LogP contribution < -0.4 is 5.32 Å². The van der Waals surface area contributed by atoms with Crippen LogP contribution in [0.2, 0.25) is 0 Å². The number of aromatic nitrogens is 5. The van der Waals surface area contributed by atoms with E-state index in [4.69, 9.17) is 4.98 Å². The molecule has 5 aromatic rings. The average Bonchev–Trinajstić information content (AvgIpc) is 3.65. The summed E-state index contributed by atoms with van der Waals surface area (Å²) in [4.78, 5) is 46.4. The maximum Gasteiger partial charge on any atom is 0.270 e. The molecule has 1 aliphatic heterocycles. The van der Waals surface area contributed by atoms with Gasteiger partial charge >= 0.3 is 0 Å². The van der Waals surface area contributed by atoms with Gasteiger partial charge in [-0.25, -0.2) is 9.97 Å². The minimum absolute atomic E-state index is 0.0399. The molecule has 1 aromatic carbocycles. The highest BCUT2D eigenvalue weighted by atomic mass is 16.2. The number of fused-ring (bicyclic) bond motifs is 2. The van der Waals surface area contributed by atoms with E-state index in [0.717, 1.165) is 60.1 Å². The molecule has 2 aliphatic rings. The zero-order chi connectivity index (χ0) is 29.1. The van der Waals surface area contributed by atoms with E-state index in [0.29, 0.717) is 5.78 Å². The van der Waals surface area contributed by atoms with Gasteiger partial charge in [-0.3, -0.25) is 24.0 Å². The summed E-state index contributed by atoms with van der Waals surface area (Å²) >= 11 is 0. The summed E-state index contributed by atoms with van der Waals surface area (Å²) in [7, 11) is 0. The Hall–Kier alpha value is -4.66. The summed E-state index contributed by atoms with van der Waals surface area (Å²) in [6, 6.07) is 13.4. The lowest BCUT2D eigenvalue weighted by Gasteiger charge is -2.38. The van der Waals surface area contributed by atoms with Crippen molar-refractivity contribution in [2.75, 3.05) is 13.1 Å². The van der Waals surface area contributed by atoms with Crippen molar-refractivity contribution in [2.24, 2.45) is 5.41 Å². The summed E-state index contributed by atoms with van der Waals surface area (Å²) < 4.78 is 2.07. The van der Waals surface area contributed by atoms with Crippen LogP contribution in [0.1, 0.15) is 61.8 Å². The lowest BCUT2D eigenvalue weighted by atomic mass is 9.85. The van der Waals surface area contributed by atoms with Crippen molar-refractivity contribution < 1.29 is 9.59 Å². The van der Waals surface area contributed by atoms with Crippen molar-refractivity contribution >= 4 is 28.5 Å². The van der Waals surface area contributed by atoms with Gasteiger partial charge in [0.1, 0.15) is 11.7 Å². The number of carbonyl (C=O) groups is 2. The monoisotopic (exact) mass is 559 g/mol. The van der Waals surface area contributed by atoms with Gasteiger partial charge in [0.05, 0.1) is 17.4 Å². The fourth-order valence-electron chi connectivity index (χ4n) is 5.93. The minimum Gasteiger partial charge on any atom is -0.341 e. The molecule has 42 heavy (non-hydrogen) atoms. The van der Waals surface area contributed by atoms with Crippen molar-refractivity contribution in [3.05, 3.63) is 90.4 Å². The molecule has 1 saturated heterocycles. The fraction of sp³-hybridized carbons (Fsp3) is 0.333. The first-order valence-electron chi connectivity index (χ1n) is 14.5. The van der Waals surface area contributed by atoms with Gasteiger partial charge in [-0.2, -0.15) is 0 Å². The molecule has 0 radical (unpaired) electrons. The number of hydrogen-bond donors (Lipinski definition) is 1. The zero-order valence-electron chi connectivity index (χ0n) is 24.0. The third-order valence-electron chi connectivity index (χ3n) is 8.64. The molecule has 1 atom stereocenters. The molecule has 2 fully saturated rings. The smallest absolute Gasteiger partial charge is 0.270 e. The van der Waals surface area contributed by atoms with Crippen molar-refractivity contribution in [1.82, 2.24) is 34.6 Å². The molecule has 4 aromatic heterocycles. The summed E-state index contributed by atoms with van der Waals surface area (Å²) in [6.07, 6.45) is 12.3. The van der Waals surface area contributed by atoms with Gasteiger partial charge in [-0.05, 0) is 42.4 Å². The fourth-order valence-corrected chi connectivity index (χ4v) is 5.93. The number of para-hydroxylation sites is 1. The van der Waals surface area contributed by atoms with E-state index in [1.165, 1.54) is 5.56 Å². The molecule has 0 unspecified atom stereocenters. The minimum atomic E-state index is -0.621. The van der Waals surface area contributed by atoms with E-state index < -0.39 is 11.5 Å². The number of benzene rings is 1. The van der Waals surface area contributed by atoms with E-state index in [1.807, 2.05) is 51.5 Å². The molecule has 7 rings (SSSR count). The maximum absolute atomic E-state index is 13.1. The Bertz CT molecular complexity index is 1820. The van der Waals surface area contributed by atoms with E-state index in [2.05, 4.69) is 48.9 Å². The normalized spacial score (nSPS) is 16.7. The molecular formula is C33H33N7O2. The summed E-state index contributed by atoms with van der Waals surface area (Å²) in [5.74, 6) is 0.236. The highest BCUT2D eigenvalue weighted by Crippen LogP contribution is 2.54. The van der Waals surface area contributed by atoms with Crippen molar-refractivity contribution in [2.45, 2.75) is 51.5 Å². The van der Waals surface area contributed by atoms with E-state index in [-0.39, 0.29) is 22.9 Å². The number of likely N-dealkylation sites (tertiary alicyclic amines) is 1. The number of pyridine rings is 2. The van der Waals surface area contributed by atoms with Crippen LogP contribution in [0.25, 0.3) is 27.8 Å². The molecule has 1 aliphatic carbocycles. The molecule has 0 bridgehead atoms. The summed E-state index contributed by atoms with van der Waals surface area (Å²) in [5.41, 5.74) is 4.71. The molecular weight excluding hydrogens is 526 g/mol. The Morgan fingerprint density at radius 3 is 2.36 bits per heavy atom. The van der Waals surface area contributed by atoms with Crippen LogP contribution in [0.4, 0.5) is 0 Å². The SMILES string of the molecule is CC(C)(C)[C@H](NC(=O)c1ccc(-c2cnc3ncc(C4(c5cccc6cccnc56)CC4)n3c2)cn1)C(=O)N1CCC1. The molecule has 9 heteroatoms. The molecule has 9 nitrogen and oxygen atoms in total. The molecule has 5 heterocycles. The lowest BCUT2D eigenvalue weighted by molar-refractivity contribution is -0.139. The van der Waals surface area contributed by atoms with Crippen LogP contribution in [-0.2, 0) is 10.2 Å². The number of imidazole rings is 1. The topological polar surface area (TPSA) is 105 Å². The van der Waals surface area contributed by atoms with Gasteiger partial charge in [-0.1, -0.05) is 51.1 Å². The quantitative estimate of drug-likeness (QED) is 0.321. The van der Waals surface area contributed by atoms with Gasteiger partial charge in [0.2, 0.25) is 11.7 Å². The number of nitrogens with zero attached hydrogens (tertiary/aromatic N) is 6. The summed E-state index contributed by atoms with van der Waals surface area (Å²) in [5, 5.41) is 4.07. The first kappa shape index (κ1) is 26.3. The Morgan fingerprint density at radius 2 is 1.67 bits per heavy atom. The Labute approximate surface area is 244 Å². The summed E-state index contributed by atoms with van der Waals surface area (Å²) in [6.45, 7) is 7.36. The standard InChI is InChI=1S/C33H33N7O2/c1-32(2,3)28(30(42)39-15-6-16-39)38-29(41)25-11-10-22(17-35-25)23-18-36-31-37-19-26(40(31)20-23)33(12-13-33)24-9-4-7-21-8-5-14-34-27(21)24/h4-5,7-11,14,17-20,28H,6,12-13,15-16H2,1-3H3,(H,38,41)/t28-/m1/s1. The van der Waals surface area contributed by atoms with Crippen LogP contribution >= 0.6 is 0 Å². The highest BCUT2D eigenvalue weighted by molar-refractivity contribution is 5.96. The number of carbonyl (C=O) groups excluding carboxylic acids is 2. The first-order valence-corrected chi connectivity index (χ1v) is 14.5. The van der Waals surface area contributed by atoms with E-state index in [9.17, 15) is 9.59 Å². The van der Waals surface area contributed by atoms with Gasteiger partial charge in [-0.15, -0.1) is 0 Å². The maximum atomic E-state index is 13.1. The van der Waals surface area contributed by atoms with Crippen molar-refractivity contribution in [3.63, 3.8) is 0 Å². The second kappa shape index (κ2) is 9.72. The van der Waals surface area contributed by atoms with Gasteiger partial charge in [0, 0.05) is 59.8 Å². The first-order chi connectivity index (χ1) is 20.2. The Balaban J connectivity index is 1.17. The third kappa shape index (κ3) is 4.40. The van der Waals surface area contributed by atoms with Crippen LogP contribution in [-0.4, -0.2) is 60.2 Å². The van der Waals surface area contributed by atoms with Gasteiger partial charge in [0.25, 0.3) is 5.91 Å². The highest BCUT2D eigenvalue weighted by Gasteiger charge is 2.49. The van der Waals surface area contributed by atoms with Crippen LogP contribution in [0.5, 0.6) is 0 Å². The Morgan fingerprint density at radius 1 is 0.905 bits per heavy atom. The molecule has 2 amide bonds. The predicted octanol–water partition coefficient (Wildman–Crippen LogP) is 4.80.